The maximum atomic E-state index is 13.0. The van der Waals surface area contributed by atoms with Crippen molar-refractivity contribution >= 4 is 27.5 Å². The molecule has 0 saturated carbocycles. The predicted octanol–water partition coefficient (Wildman–Crippen LogP) is 1.93. The number of esters is 1. The van der Waals surface area contributed by atoms with Crippen LogP contribution in [0, 0.1) is 0 Å². The molecular formula is C16H20N2O4S. The van der Waals surface area contributed by atoms with Crippen molar-refractivity contribution in [3.8, 4) is 0 Å². The molecule has 0 aliphatic heterocycles. The van der Waals surface area contributed by atoms with E-state index >= 15 is 0 Å². The Morgan fingerprint density at radius 3 is 2.70 bits per heavy atom. The van der Waals surface area contributed by atoms with Crippen LogP contribution >= 0.6 is 11.3 Å². The molecule has 0 unspecified atom stereocenters. The molecule has 0 aromatic carbocycles. The van der Waals surface area contributed by atoms with Gasteiger partial charge in [-0.05, 0) is 52.0 Å². The summed E-state index contributed by atoms with van der Waals surface area (Å²) >= 11 is 1.48. The monoisotopic (exact) mass is 336 g/mol. The van der Waals surface area contributed by atoms with Gasteiger partial charge in [-0.2, -0.15) is 0 Å². The van der Waals surface area contributed by atoms with E-state index in [-0.39, 0.29) is 6.61 Å². The predicted molar refractivity (Wildman–Crippen MR) is 89.3 cm³/mol. The van der Waals surface area contributed by atoms with Gasteiger partial charge >= 0.3 is 11.7 Å². The highest BCUT2D eigenvalue weighted by Crippen LogP contribution is 2.33. The molecule has 0 saturated heterocycles. The number of thiophene rings is 1. The number of hydrogen-bond acceptors (Lipinski definition) is 5. The number of ether oxygens (including phenoxy) is 1. The normalized spacial score (nSPS) is 14.7. The molecule has 2 aromatic rings. The van der Waals surface area contributed by atoms with Gasteiger partial charge in [-0.3, -0.25) is 9.78 Å². The van der Waals surface area contributed by atoms with Gasteiger partial charge in [-0.1, -0.05) is 0 Å². The quantitative estimate of drug-likeness (QED) is 0.869. The lowest BCUT2D eigenvalue weighted by molar-refractivity contribution is -0.152. The molecule has 1 N–H and O–H groups in total. The highest BCUT2D eigenvalue weighted by atomic mass is 32.1. The molecule has 7 heteroatoms. The third kappa shape index (κ3) is 2.43. The van der Waals surface area contributed by atoms with Crippen molar-refractivity contribution in [1.82, 2.24) is 9.55 Å². The molecule has 0 radical (unpaired) electrons. The SMILES string of the molecule is CCOC(=O)C(C)(C)n1c(=O)[nH]c2sc3c(c2c1=O)CCCC3. The fraction of sp³-hybridized carbons (Fsp3) is 0.562. The van der Waals surface area contributed by atoms with Gasteiger partial charge in [0.15, 0.2) is 0 Å². The molecule has 0 atom stereocenters. The Labute approximate surface area is 137 Å². The van der Waals surface area contributed by atoms with Gasteiger partial charge in [0.05, 0.1) is 12.0 Å². The molecule has 124 valence electrons. The first-order chi connectivity index (χ1) is 10.9. The Morgan fingerprint density at radius 2 is 2.00 bits per heavy atom. The molecule has 6 nitrogen and oxygen atoms in total. The third-order valence-corrected chi connectivity index (χ3v) is 5.55. The average molecular weight is 336 g/mol. The van der Waals surface area contributed by atoms with Gasteiger partial charge in [0.2, 0.25) is 0 Å². The Balaban J connectivity index is 2.28. The van der Waals surface area contributed by atoms with Gasteiger partial charge < -0.3 is 4.74 Å². The number of aromatic nitrogens is 2. The summed E-state index contributed by atoms with van der Waals surface area (Å²) in [5.41, 5.74) is -1.29. The molecule has 0 fully saturated rings. The maximum Gasteiger partial charge on any atom is 0.332 e. The van der Waals surface area contributed by atoms with Crippen molar-refractivity contribution in [3.63, 3.8) is 0 Å². The zero-order valence-corrected chi connectivity index (χ0v) is 14.3. The number of hydrogen-bond donors (Lipinski definition) is 1. The molecule has 1 aliphatic carbocycles. The lowest BCUT2D eigenvalue weighted by Crippen LogP contribution is -2.51. The van der Waals surface area contributed by atoms with Crippen LogP contribution in [0.2, 0.25) is 0 Å². The van der Waals surface area contributed by atoms with E-state index in [1.54, 1.807) is 6.92 Å². The summed E-state index contributed by atoms with van der Waals surface area (Å²) in [7, 11) is 0. The van der Waals surface area contributed by atoms with E-state index in [1.165, 1.54) is 30.1 Å². The van der Waals surface area contributed by atoms with Crippen LogP contribution in [-0.4, -0.2) is 22.1 Å². The lowest BCUT2D eigenvalue weighted by Gasteiger charge is -2.24. The van der Waals surface area contributed by atoms with Crippen LogP contribution < -0.4 is 11.2 Å². The van der Waals surface area contributed by atoms with E-state index < -0.39 is 22.8 Å². The number of rotatable bonds is 3. The van der Waals surface area contributed by atoms with E-state index in [0.29, 0.717) is 10.2 Å². The summed E-state index contributed by atoms with van der Waals surface area (Å²) in [5, 5.41) is 0.557. The lowest BCUT2D eigenvalue weighted by atomic mass is 9.97. The third-order valence-electron chi connectivity index (χ3n) is 4.35. The van der Waals surface area contributed by atoms with Crippen molar-refractivity contribution in [2.24, 2.45) is 0 Å². The summed E-state index contributed by atoms with van der Waals surface area (Å²) < 4.78 is 6.02. The second-order valence-corrected chi connectivity index (χ2v) is 7.37. The van der Waals surface area contributed by atoms with Crippen molar-refractivity contribution in [1.29, 1.82) is 0 Å². The van der Waals surface area contributed by atoms with Crippen LogP contribution in [-0.2, 0) is 27.9 Å². The van der Waals surface area contributed by atoms with Gasteiger partial charge in [0.1, 0.15) is 10.4 Å². The van der Waals surface area contributed by atoms with Gasteiger partial charge in [-0.15, -0.1) is 11.3 Å². The molecule has 0 amide bonds. The second-order valence-electron chi connectivity index (χ2n) is 6.27. The molecule has 2 aromatic heterocycles. The van der Waals surface area contributed by atoms with Crippen LogP contribution in [0.4, 0.5) is 0 Å². The smallest absolute Gasteiger partial charge is 0.332 e. The summed E-state index contributed by atoms with van der Waals surface area (Å²) in [6, 6.07) is 0. The summed E-state index contributed by atoms with van der Waals surface area (Å²) in [6.07, 6.45) is 3.93. The van der Waals surface area contributed by atoms with E-state index in [2.05, 4.69) is 4.98 Å². The molecule has 23 heavy (non-hydrogen) atoms. The summed E-state index contributed by atoms with van der Waals surface area (Å²) in [5.74, 6) is -0.587. The van der Waals surface area contributed by atoms with E-state index in [0.717, 1.165) is 35.8 Å². The van der Waals surface area contributed by atoms with E-state index in [1.807, 2.05) is 0 Å². The van der Waals surface area contributed by atoms with Crippen LogP contribution in [0.25, 0.3) is 10.2 Å². The summed E-state index contributed by atoms with van der Waals surface area (Å²) in [6.45, 7) is 4.96. The number of H-pyrrole nitrogens is 1. The number of aromatic amines is 1. The van der Waals surface area contributed by atoms with Crippen molar-refractivity contribution in [3.05, 3.63) is 31.3 Å². The van der Waals surface area contributed by atoms with E-state index in [4.69, 9.17) is 4.74 Å². The van der Waals surface area contributed by atoms with Crippen molar-refractivity contribution < 1.29 is 9.53 Å². The largest absolute Gasteiger partial charge is 0.464 e. The van der Waals surface area contributed by atoms with Gasteiger partial charge in [0, 0.05) is 4.88 Å². The number of nitrogens with zero attached hydrogens (tertiary/aromatic N) is 1. The molecule has 0 bridgehead atoms. The topological polar surface area (TPSA) is 81.2 Å². The highest BCUT2D eigenvalue weighted by Gasteiger charge is 2.35. The van der Waals surface area contributed by atoms with Crippen LogP contribution in [0.3, 0.4) is 0 Å². The molecule has 3 rings (SSSR count). The van der Waals surface area contributed by atoms with Crippen LogP contribution in [0.1, 0.15) is 44.1 Å². The Morgan fingerprint density at radius 1 is 1.30 bits per heavy atom. The minimum Gasteiger partial charge on any atom is -0.464 e. The Hall–Kier alpha value is -1.89. The van der Waals surface area contributed by atoms with Crippen molar-refractivity contribution in [2.45, 2.75) is 52.0 Å². The molecule has 1 aliphatic rings. The van der Waals surface area contributed by atoms with E-state index in [9.17, 15) is 14.4 Å². The molecular weight excluding hydrogens is 316 g/mol. The Kier molecular flexibility index (Phi) is 3.91. The van der Waals surface area contributed by atoms with Gasteiger partial charge in [0.25, 0.3) is 5.56 Å². The summed E-state index contributed by atoms with van der Waals surface area (Å²) in [4.78, 5) is 42.2. The number of nitrogens with one attached hydrogen (secondary N) is 1. The zero-order chi connectivity index (χ0) is 16.8. The molecule has 0 spiro atoms. The number of aryl methyl sites for hydroxylation is 2. The fourth-order valence-electron chi connectivity index (χ4n) is 3.14. The van der Waals surface area contributed by atoms with Crippen molar-refractivity contribution in [2.75, 3.05) is 6.61 Å². The highest BCUT2D eigenvalue weighted by molar-refractivity contribution is 7.18. The zero-order valence-electron chi connectivity index (χ0n) is 13.5. The number of carbonyl (C=O) groups excluding carboxylic acids is 1. The maximum absolute atomic E-state index is 13.0. The van der Waals surface area contributed by atoms with Crippen LogP contribution in [0.15, 0.2) is 9.59 Å². The average Bonchev–Trinajstić information content (AvgIpc) is 2.85. The minimum atomic E-state index is -1.35. The van der Waals surface area contributed by atoms with Gasteiger partial charge in [-0.25, -0.2) is 14.2 Å². The first-order valence-corrected chi connectivity index (χ1v) is 8.66. The Bertz CT molecular complexity index is 888. The molecule has 2 heterocycles. The van der Waals surface area contributed by atoms with Crippen LogP contribution in [0.5, 0.6) is 0 Å². The number of carbonyl (C=O) groups is 1. The standard InChI is InChI=1S/C16H20N2O4S/c1-4-22-14(20)16(2,3)18-13(19)11-9-7-5-6-8-10(9)23-12(11)17-15(18)21/h4-8H2,1-3H3,(H,17,21). The fourth-order valence-corrected chi connectivity index (χ4v) is 4.41. The second kappa shape index (κ2) is 5.63. The minimum absolute atomic E-state index is 0.199. The first-order valence-electron chi connectivity index (χ1n) is 7.85. The number of fused-ring (bicyclic) bond motifs is 3. The first kappa shape index (κ1) is 16.0.